The number of fused-ring (bicyclic) bond motifs is 14. The Balaban J connectivity index is 1.08. The van der Waals surface area contributed by atoms with Gasteiger partial charge in [-0.3, -0.25) is 0 Å². The summed E-state index contributed by atoms with van der Waals surface area (Å²) in [4.78, 5) is 14.8. The highest BCUT2D eigenvalue weighted by molar-refractivity contribution is 7.26. The van der Waals surface area contributed by atoms with Crippen molar-refractivity contribution in [1.82, 2.24) is 24.1 Å². The van der Waals surface area contributed by atoms with Crippen LogP contribution in [0.3, 0.4) is 0 Å². The van der Waals surface area contributed by atoms with E-state index >= 15 is 26.3 Å². The van der Waals surface area contributed by atoms with Gasteiger partial charge in [0.15, 0.2) is 17.5 Å². The molecule has 13 heteroatoms. The zero-order valence-corrected chi connectivity index (χ0v) is 38.9. The molecule has 5 heterocycles. The molecule has 0 aliphatic rings. The summed E-state index contributed by atoms with van der Waals surface area (Å²) in [5.41, 5.74) is 2.20. The van der Waals surface area contributed by atoms with Crippen molar-refractivity contribution in [2.45, 2.75) is 12.4 Å². The van der Waals surface area contributed by atoms with Gasteiger partial charge in [-0.15, -0.1) is 22.7 Å². The van der Waals surface area contributed by atoms with Crippen molar-refractivity contribution in [1.29, 1.82) is 0 Å². The second-order valence-corrected chi connectivity index (χ2v) is 19.9. The fourth-order valence-corrected chi connectivity index (χ4v) is 12.8. The molecular formula is C59H31F6N5S2. The molecule has 0 N–H and O–H groups in total. The Labute approximate surface area is 412 Å². The van der Waals surface area contributed by atoms with Crippen molar-refractivity contribution >= 4 is 107 Å². The first-order valence-electron chi connectivity index (χ1n) is 22.9. The molecule has 0 aliphatic carbocycles. The van der Waals surface area contributed by atoms with Crippen molar-refractivity contribution in [3.63, 3.8) is 0 Å². The highest BCUT2D eigenvalue weighted by Gasteiger charge is 2.35. The summed E-state index contributed by atoms with van der Waals surface area (Å²) in [7, 11) is 0. The van der Waals surface area contributed by atoms with Gasteiger partial charge in [0.05, 0.1) is 44.6 Å². The number of hydrogen-bond acceptors (Lipinski definition) is 5. The third-order valence-electron chi connectivity index (χ3n) is 13.6. The Morgan fingerprint density at radius 1 is 0.333 bits per heavy atom. The van der Waals surface area contributed by atoms with E-state index in [0.29, 0.717) is 16.9 Å². The van der Waals surface area contributed by atoms with Crippen LogP contribution in [0.15, 0.2) is 188 Å². The van der Waals surface area contributed by atoms with Crippen LogP contribution in [-0.4, -0.2) is 24.1 Å². The fourth-order valence-electron chi connectivity index (χ4n) is 10.6. The Morgan fingerprint density at radius 2 is 0.736 bits per heavy atom. The molecule has 0 atom stereocenters. The SMILES string of the molecule is FC(F)(F)c1ccc(-n2c3ccccc3c3c4c(ccc32)sc2ccccc24)c(-c2nc(-c3ccccc3)nc(-c3cc(C(F)(F)F)ccc3-n3c4ccccc4c4c5c(ccc43)sc3ccccc35)n2)c1. The van der Waals surface area contributed by atoms with Crippen LogP contribution in [0.4, 0.5) is 26.3 Å². The molecule has 0 amide bonds. The summed E-state index contributed by atoms with van der Waals surface area (Å²) < 4.78 is 98.5. The Morgan fingerprint density at radius 3 is 1.19 bits per heavy atom. The van der Waals surface area contributed by atoms with E-state index in [0.717, 1.165) is 108 Å². The van der Waals surface area contributed by atoms with Crippen LogP contribution in [0.25, 0.3) is 129 Å². The zero-order valence-electron chi connectivity index (χ0n) is 37.2. The number of alkyl halides is 6. The average Bonchev–Trinajstić information content (AvgIpc) is 4.15. The smallest absolute Gasteiger partial charge is 0.308 e. The molecule has 0 radical (unpaired) electrons. The molecule has 0 saturated carbocycles. The van der Waals surface area contributed by atoms with E-state index in [1.807, 2.05) is 106 Å². The fraction of sp³-hybridized carbons (Fsp3) is 0.0339. The lowest BCUT2D eigenvalue weighted by Crippen LogP contribution is -2.10. The molecule has 9 aromatic carbocycles. The highest BCUT2D eigenvalue weighted by Crippen LogP contribution is 2.48. The molecule has 0 aliphatic heterocycles. The predicted molar refractivity (Wildman–Crippen MR) is 281 cm³/mol. The molecule has 346 valence electrons. The van der Waals surface area contributed by atoms with Crippen molar-refractivity contribution in [3.8, 4) is 45.5 Å². The second-order valence-electron chi connectivity index (χ2n) is 17.7. The number of nitrogens with zero attached hydrogens (tertiary/aromatic N) is 5. The van der Waals surface area contributed by atoms with Crippen molar-refractivity contribution in [3.05, 3.63) is 199 Å². The molecular weight excluding hydrogens is 957 g/mol. The summed E-state index contributed by atoms with van der Waals surface area (Å²) >= 11 is 3.33. The van der Waals surface area contributed by atoms with Crippen molar-refractivity contribution < 1.29 is 26.3 Å². The number of thiophene rings is 2. The molecule has 0 spiro atoms. The van der Waals surface area contributed by atoms with Gasteiger partial charge in [-0.2, -0.15) is 26.3 Å². The topological polar surface area (TPSA) is 48.5 Å². The van der Waals surface area contributed by atoms with Gasteiger partial charge in [-0.1, -0.05) is 103 Å². The van der Waals surface area contributed by atoms with Crippen molar-refractivity contribution in [2.24, 2.45) is 0 Å². The van der Waals surface area contributed by atoms with E-state index in [2.05, 4.69) is 24.3 Å². The van der Waals surface area contributed by atoms with E-state index < -0.39 is 23.5 Å². The molecule has 0 unspecified atom stereocenters. The Hall–Kier alpha value is -8.39. The van der Waals surface area contributed by atoms with Crippen LogP contribution < -0.4 is 0 Å². The normalized spacial score (nSPS) is 12.6. The van der Waals surface area contributed by atoms with Gasteiger partial charge in [0.25, 0.3) is 0 Å². The maximum atomic E-state index is 15.1. The molecule has 0 bridgehead atoms. The number of para-hydroxylation sites is 2. The van der Waals surface area contributed by atoms with Gasteiger partial charge in [0.2, 0.25) is 0 Å². The van der Waals surface area contributed by atoms with Crippen LogP contribution in [0.5, 0.6) is 0 Å². The highest BCUT2D eigenvalue weighted by atomic mass is 32.1. The van der Waals surface area contributed by atoms with Crippen LogP contribution >= 0.6 is 22.7 Å². The standard InChI is InChI=1S/C59H31F6N5S2/c60-58(61,62)33-22-24-43(69-41-18-8-4-14-35(41)51-45(69)26-28-49-53(51)37-16-6-10-20-47(37)71-49)39(30-33)56-66-55(32-12-2-1-3-13-32)67-57(68-56)40-31-34(59(63,64)65)23-25-44(40)70-42-19-9-5-15-36(42)52-46(70)27-29-50-54(52)38-17-7-11-21-48(38)72-50/h1-31H. The molecule has 72 heavy (non-hydrogen) atoms. The third-order valence-corrected chi connectivity index (χ3v) is 15.9. The lowest BCUT2D eigenvalue weighted by Gasteiger charge is -2.18. The van der Waals surface area contributed by atoms with E-state index in [9.17, 15) is 0 Å². The Kier molecular flexibility index (Phi) is 9.18. The summed E-state index contributed by atoms with van der Waals surface area (Å²) in [5, 5.41) is 7.81. The monoisotopic (exact) mass is 987 g/mol. The van der Waals surface area contributed by atoms with Gasteiger partial charge in [-0.25, -0.2) is 15.0 Å². The van der Waals surface area contributed by atoms with Crippen LogP contribution in [0, 0.1) is 0 Å². The minimum absolute atomic E-state index is 0.000649. The Bertz CT molecular complexity index is 4300. The maximum Gasteiger partial charge on any atom is 0.416 e. The van der Waals surface area contributed by atoms with Crippen LogP contribution in [-0.2, 0) is 12.4 Å². The van der Waals surface area contributed by atoms with Gasteiger partial charge in [0.1, 0.15) is 0 Å². The van der Waals surface area contributed by atoms with E-state index in [4.69, 9.17) is 15.0 Å². The number of benzene rings is 9. The van der Waals surface area contributed by atoms with Crippen LogP contribution in [0.1, 0.15) is 11.1 Å². The minimum Gasteiger partial charge on any atom is -0.308 e. The van der Waals surface area contributed by atoms with Crippen LogP contribution in [0.2, 0.25) is 0 Å². The van der Waals surface area contributed by atoms with Crippen molar-refractivity contribution in [2.75, 3.05) is 0 Å². The first-order chi connectivity index (χ1) is 35.0. The lowest BCUT2D eigenvalue weighted by molar-refractivity contribution is -0.138. The third kappa shape index (κ3) is 6.43. The van der Waals surface area contributed by atoms with E-state index in [1.54, 1.807) is 53.0 Å². The van der Waals surface area contributed by atoms with Gasteiger partial charge < -0.3 is 9.13 Å². The summed E-state index contributed by atoms with van der Waals surface area (Å²) in [6.07, 6.45) is -9.56. The molecule has 14 rings (SSSR count). The number of hydrogen-bond donors (Lipinski definition) is 0. The predicted octanol–water partition coefficient (Wildman–Crippen LogP) is 17.8. The summed E-state index contributed by atoms with van der Waals surface area (Å²) in [6, 6.07) is 55.6. The number of aromatic nitrogens is 5. The zero-order chi connectivity index (χ0) is 48.6. The first-order valence-corrected chi connectivity index (χ1v) is 24.5. The lowest BCUT2D eigenvalue weighted by atomic mass is 10.0. The first kappa shape index (κ1) is 42.5. The maximum absolute atomic E-state index is 15.1. The minimum atomic E-state index is -4.78. The van der Waals surface area contributed by atoms with Gasteiger partial charge in [0, 0.05) is 78.6 Å². The molecule has 5 aromatic heterocycles. The molecule has 0 fully saturated rings. The molecule has 14 aromatic rings. The molecule has 5 nitrogen and oxygen atoms in total. The number of rotatable bonds is 5. The van der Waals surface area contributed by atoms with E-state index in [1.165, 1.54) is 12.1 Å². The number of halogens is 6. The quantitative estimate of drug-likeness (QED) is 0.161. The molecule has 0 saturated heterocycles. The summed E-state index contributed by atoms with van der Waals surface area (Å²) in [6.45, 7) is 0. The summed E-state index contributed by atoms with van der Waals surface area (Å²) in [5.74, 6) is -0.264. The van der Waals surface area contributed by atoms with E-state index in [-0.39, 0.29) is 28.6 Å². The van der Waals surface area contributed by atoms with Gasteiger partial charge >= 0.3 is 12.4 Å². The average molecular weight is 988 g/mol. The van der Waals surface area contributed by atoms with Gasteiger partial charge in [-0.05, 0) is 84.9 Å². The second kappa shape index (κ2) is 15.6. The largest absolute Gasteiger partial charge is 0.416 e.